The maximum Gasteiger partial charge on any atom is 0.416 e. The number of thioether (sulfide) groups is 1. The van der Waals surface area contributed by atoms with Gasteiger partial charge in [0.25, 0.3) is 0 Å². The Morgan fingerprint density at radius 1 is 1.36 bits per heavy atom. The van der Waals surface area contributed by atoms with Crippen molar-refractivity contribution in [2.24, 2.45) is 0 Å². The van der Waals surface area contributed by atoms with Crippen molar-refractivity contribution >= 4 is 17.7 Å². The van der Waals surface area contributed by atoms with E-state index in [0.717, 1.165) is 18.9 Å². The second-order valence-corrected chi connectivity index (χ2v) is 6.77. The number of tetrazole rings is 1. The average Bonchev–Trinajstić information content (AvgIpc) is 3.30. The number of carbonyl (C=O) groups excluding carboxylic acids is 1. The number of hydrogen-bond donors (Lipinski definition) is 0. The van der Waals surface area contributed by atoms with Crippen molar-refractivity contribution in [3.8, 4) is 0 Å². The summed E-state index contributed by atoms with van der Waals surface area (Å²) in [5.41, 5.74) is -0.654. The number of rotatable bonds is 6. The largest absolute Gasteiger partial charge is 0.416 e. The molecule has 1 heterocycles. The summed E-state index contributed by atoms with van der Waals surface area (Å²) in [6.07, 6.45) is -2.41. The first kappa shape index (κ1) is 17.7. The topological polar surface area (TPSA) is 63.9 Å². The SMILES string of the molecule is CN(Cc1ccccc1C(F)(F)F)C(=O)CSc1nnnn1C1CC1. The summed E-state index contributed by atoms with van der Waals surface area (Å²) >= 11 is 1.19. The van der Waals surface area contributed by atoms with Crippen LogP contribution < -0.4 is 0 Å². The molecule has 0 aliphatic heterocycles. The van der Waals surface area contributed by atoms with E-state index in [1.807, 2.05) is 0 Å². The summed E-state index contributed by atoms with van der Waals surface area (Å²) < 4.78 is 40.8. The van der Waals surface area contributed by atoms with Gasteiger partial charge in [0.05, 0.1) is 17.4 Å². The van der Waals surface area contributed by atoms with Crippen LogP contribution in [0.1, 0.15) is 30.0 Å². The van der Waals surface area contributed by atoms with Gasteiger partial charge in [-0.3, -0.25) is 4.79 Å². The molecule has 25 heavy (non-hydrogen) atoms. The summed E-state index contributed by atoms with van der Waals surface area (Å²) in [6.45, 7) is -0.108. The molecule has 0 bridgehead atoms. The van der Waals surface area contributed by atoms with Crippen LogP contribution in [-0.4, -0.2) is 43.8 Å². The Hall–Kier alpha value is -2.10. The zero-order chi connectivity index (χ0) is 18.0. The first-order valence-corrected chi connectivity index (χ1v) is 8.64. The lowest BCUT2D eigenvalue weighted by molar-refractivity contribution is -0.139. The highest BCUT2D eigenvalue weighted by Crippen LogP contribution is 2.36. The summed E-state index contributed by atoms with van der Waals surface area (Å²) in [7, 11) is 1.49. The summed E-state index contributed by atoms with van der Waals surface area (Å²) in [5.74, 6) is -0.218. The van der Waals surface area contributed by atoms with Gasteiger partial charge in [0.15, 0.2) is 0 Å². The van der Waals surface area contributed by atoms with Gasteiger partial charge >= 0.3 is 6.18 Å². The highest BCUT2D eigenvalue weighted by molar-refractivity contribution is 7.99. The van der Waals surface area contributed by atoms with Crippen molar-refractivity contribution < 1.29 is 18.0 Å². The number of hydrogen-bond acceptors (Lipinski definition) is 5. The highest BCUT2D eigenvalue weighted by atomic mass is 32.2. The van der Waals surface area contributed by atoms with Crippen LogP contribution in [0.5, 0.6) is 0 Å². The fraction of sp³-hybridized carbons (Fsp3) is 0.467. The number of nitrogens with zero attached hydrogens (tertiary/aromatic N) is 5. The predicted octanol–water partition coefficient (Wildman–Crippen LogP) is 2.78. The van der Waals surface area contributed by atoms with Crippen molar-refractivity contribution in [2.45, 2.75) is 36.8 Å². The van der Waals surface area contributed by atoms with Crippen LogP contribution in [0, 0.1) is 0 Å². The second kappa shape index (κ2) is 7.03. The Labute approximate surface area is 146 Å². The lowest BCUT2D eigenvalue weighted by Gasteiger charge is -2.20. The molecule has 0 spiro atoms. The van der Waals surface area contributed by atoms with Gasteiger partial charge in [0.2, 0.25) is 11.1 Å². The van der Waals surface area contributed by atoms with E-state index in [1.54, 1.807) is 4.68 Å². The molecule has 1 aliphatic rings. The van der Waals surface area contributed by atoms with E-state index < -0.39 is 11.7 Å². The minimum absolute atomic E-state index is 0.0672. The third-order valence-electron chi connectivity index (χ3n) is 3.84. The molecule has 10 heteroatoms. The van der Waals surface area contributed by atoms with Crippen molar-refractivity contribution in [1.29, 1.82) is 0 Å². The Morgan fingerprint density at radius 3 is 2.76 bits per heavy atom. The number of aromatic nitrogens is 4. The minimum Gasteiger partial charge on any atom is -0.341 e. The summed E-state index contributed by atoms with van der Waals surface area (Å²) in [4.78, 5) is 13.5. The molecule has 1 aliphatic carbocycles. The van der Waals surface area contributed by atoms with E-state index in [9.17, 15) is 18.0 Å². The smallest absolute Gasteiger partial charge is 0.341 e. The van der Waals surface area contributed by atoms with E-state index >= 15 is 0 Å². The third-order valence-corrected chi connectivity index (χ3v) is 4.75. The van der Waals surface area contributed by atoms with E-state index in [-0.39, 0.29) is 23.8 Å². The van der Waals surface area contributed by atoms with E-state index in [0.29, 0.717) is 11.2 Å². The lowest BCUT2D eigenvalue weighted by atomic mass is 10.1. The van der Waals surface area contributed by atoms with Gasteiger partial charge in [-0.1, -0.05) is 30.0 Å². The van der Waals surface area contributed by atoms with Gasteiger partial charge in [-0.15, -0.1) is 5.10 Å². The normalized spacial score (nSPS) is 14.6. The Balaban J connectivity index is 1.61. The standard InChI is InChI=1S/C15H16F3N5OS/c1-22(8-10-4-2-3-5-12(10)15(16,17)18)13(24)9-25-14-19-20-21-23(14)11-6-7-11/h2-5,11H,6-9H2,1H3. The molecule has 0 saturated heterocycles. The highest BCUT2D eigenvalue weighted by Gasteiger charge is 2.33. The molecule has 1 saturated carbocycles. The summed E-state index contributed by atoms with van der Waals surface area (Å²) in [6, 6.07) is 5.56. The monoisotopic (exact) mass is 371 g/mol. The molecule has 1 aromatic heterocycles. The molecule has 0 radical (unpaired) electrons. The van der Waals surface area contributed by atoms with Crippen LogP contribution in [-0.2, 0) is 17.5 Å². The molecule has 0 atom stereocenters. The zero-order valence-corrected chi connectivity index (χ0v) is 14.2. The Bertz CT molecular complexity index is 760. The quantitative estimate of drug-likeness (QED) is 0.731. The van der Waals surface area contributed by atoms with Gasteiger partial charge in [-0.05, 0) is 34.9 Å². The van der Waals surface area contributed by atoms with Crippen molar-refractivity contribution in [1.82, 2.24) is 25.1 Å². The Morgan fingerprint density at radius 2 is 2.08 bits per heavy atom. The van der Waals surface area contributed by atoms with Crippen molar-refractivity contribution in [3.05, 3.63) is 35.4 Å². The number of benzene rings is 1. The number of amides is 1. The molecule has 0 unspecified atom stereocenters. The molecule has 1 amide bonds. The summed E-state index contributed by atoms with van der Waals surface area (Å²) in [5, 5.41) is 11.9. The fourth-order valence-electron chi connectivity index (χ4n) is 2.34. The molecule has 1 aromatic carbocycles. The molecule has 1 fully saturated rings. The van der Waals surface area contributed by atoms with E-state index in [4.69, 9.17) is 0 Å². The molecule has 6 nitrogen and oxygen atoms in total. The number of halogens is 3. The van der Waals surface area contributed by atoms with Crippen LogP contribution >= 0.6 is 11.8 Å². The fourth-order valence-corrected chi connectivity index (χ4v) is 3.23. The van der Waals surface area contributed by atoms with Crippen LogP contribution in [0.3, 0.4) is 0 Å². The predicted molar refractivity (Wildman–Crippen MR) is 84.7 cm³/mol. The molecule has 0 N–H and O–H groups in total. The van der Waals surface area contributed by atoms with Crippen LogP contribution in [0.2, 0.25) is 0 Å². The molecule has 134 valence electrons. The van der Waals surface area contributed by atoms with Gasteiger partial charge < -0.3 is 4.90 Å². The van der Waals surface area contributed by atoms with Crippen LogP contribution in [0.25, 0.3) is 0 Å². The zero-order valence-electron chi connectivity index (χ0n) is 13.4. The van der Waals surface area contributed by atoms with Gasteiger partial charge in [0, 0.05) is 13.6 Å². The van der Waals surface area contributed by atoms with Crippen LogP contribution in [0.15, 0.2) is 29.4 Å². The number of alkyl halides is 3. The third kappa shape index (κ3) is 4.30. The van der Waals surface area contributed by atoms with E-state index in [2.05, 4.69) is 15.5 Å². The van der Waals surface area contributed by atoms with Crippen molar-refractivity contribution in [2.75, 3.05) is 12.8 Å². The second-order valence-electron chi connectivity index (χ2n) is 5.83. The van der Waals surface area contributed by atoms with Gasteiger partial charge in [0.1, 0.15) is 0 Å². The first-order valence-electron chi connectivity index (χ1n) is 7.66. The maximum absolute atomic E-state index is 13.0. The Kier molecular flexibility index (Phi) is 4.98. The maximum atomic E-state index is 13.0. The van der Waals surface area contributed by atoms with Gasteiger partial charge in [-0.25, -0.2) is 4.68 Å². The molecule has 2 aromatic rings. The van der Waals surface area contributed by atoms with Gasteiger partial charge in [-0.2, -0.15) is 13.2 Å². The molecular formula is C15H16F3N5OS. The molecule has 3 rings (SSSR count). The first-order chi connectivity index (χ1) is 11.9. The lowest BCUT2D eigenvalue weighted by Crippen LogP contribution is -2.29. The van der Waals surface area contributed by atoms with Crippen molar-refractivity contribution in [3.63, 3.8) is 0 Å². The van der Waals surface area contributed by atoms with Crippen LogP contribution in [0.4, 0.5) is 13.2 Å². The number of carbonyl (C=O) groups is 1. The van der Waals surface area contributed by atoms with E-state index in [1.165, 1.54) is 41.9 Å². The molecular weight excluding hydrogens is 355 g/mol. The minimum atomic E-state index is -4.44. The average molecular weight is 371 g/mol.